The largest absolute Gasteiger partial charge is 0.381 e. The lowest BCUT2D eigenvalue weighted by molar-refractivity contribution is -0.126. The molecule has 4 heteroatoms. The first-order chi connectivity index (χ1) is 9.60. The number of carbonyl (C=O) groups is 1. The molecule has 0 bridgehead atoms. The zero-order valence-corrected chi connectivity index (χ0v) is 12.1. The highest BCUT2D eigenvalue weighted by molar-refractivity contribution is 5.86. The van der Waals surface area contributed by atoms with E-state index in [-0.39, 0.29) is 5.91 Å². The van der Waals surface area contributed by atoms with E-state index in [0.717, 1.165) is 38.0 Å². The van der Waals surface area contributed by atoms with Crippen molar-refractivity contribution in [2.24, 2.45) is 11.7 Å². The number of benzene rings is 1. The molecule has 1 aromatic carbocycles. The molecule has 1 unspecified atom stereocenters. The van der Waals surface area contributed by atoms with Crippen LogP contribution in [0.3, 0.4) is 0 Å². The second-order valence-electron chi connectivity index (χ2n) is 5.67. The van der Waals surface area contributed by atoms with Crippen LogP contribution in [-0.4, -0.2) is 25.7 Å². The lowest BCUT2D eigenvalue weighted by Crippen LogP contribution is -2.49. The summed E-state index contributed by atoms with van der Waals surface area (Å²) in [5.74, 6) is 0.542. The van der Waals surface area contributed by atoms with Gasteiger partial charge in [-0.25, -0.2) is 0 Å². The van der Waals surface area contributed by atoms with Crippen LogP contribution in [0, 0.1) is 5.92 Å². The molecule has 1 aliphatic heterocycles. The van der Waals surface area contributed by atoms with E-state index in [4.69, 9.17) is 10.5 Å². The molecule has 1 heterocycles. The highest BCUT2D eigenvalue weighted by Crippen LogP contribution is 2.19. The van der Waals surface area contributed by atoms with E-state index < -0.39 is 5.54 Å². The van der Waals surface area contributed by atoms with E-state index >= 15 is 0 Å². The molecule has 1 aromatic rings. The Morgan fingerprint density at radius 1 is 1.35 bits per heavy atom. The number of carbonyl (C=O) groups excluding carboxylic acids is 1. The fourth-order valence-electron chi connectivity index (χ4n) is 2.52. The van der Waals surface area contributed by atoms with Gasteiger partial charge in [0.15, 0.2) is 0 Å². The average Bonchev–Trinajstić information content (AvgIpc) is 2.49. The summed E-state index contributed by atoms with van der Waals surface area (Å²) < 4.78 is 5.33. The minimum Gasteiger partial charge on any atom is -0.381 e. The zero-order chi connectivity index (χ0) is 14.4. The maximum Gasteiger partial charge on any atom is 0.244 e. The maximum absolute atomic E-state index is 12.2. The molecule has 1 aliphatic rings. The molecule has 4 nitrogen and oxygen atoms in total. The molecule has 110 valence electrons. The van der Waals surface area contributed by atoms with Crippen molar-refractivity contribution in [1.29, 1.82) is 0 Å². The third-order valence-corrected chi connectivity index (χ3v) is 4.02. The van der Waals surface area contributed by atoms with Crippen molar-refractivity contribution in [3.05, 3.63) is 35.9 Å². The number of hydrogen-bond donors (Lipinski definition) is 2. The smallest absolute Gasteiger partial charge is 0.244 e. The van der Waals surface area contributed by atoms with Crippen LogP contribution in [0.4, 0.5) is 0 Å². The SMILES string of the molecule is CC(N)(C(=O)NCCC1CCOCC1)c1ccccc1. The Labute approximate surface area is 120 Å². The molecule has 1 atom stereocenters. The summed E-state index contributed by atoms with van der Waals surface area (Å²) in [5.41, 5.74) is 6.03. The molecule has 1 saturated heterocycles. The first-order valence-corrected chi connectivity index (χ1v) is 7.31. The van der Waals surface area contributed by atoms with E-state index in [9.17, 15) is 4.79 Å². The standard InChI is InChI=1S/C16H24N2O2/c1-16(17,14-5-3-2-4-6-14)15(19)18-10-7-13-8-11-20-12-9-13/h2-6,13H,7-12,17H2,1H3,(H,18,19). The number of hydrogen-bond acceptors (Lipinski definition) is 3. The molecule has 2 rings (SSSR count). The van der Waals surface area contributed by atoms with E-state index in [1.165, 1.54) is 0 Å². The second kappa shape index (κ2) is 6.86. The second-order valence-corrected chi connectivity index (χ2v) is 5.67. The van der Waals surface area contributed by atoms with E-state index in [1.807, 2.05) is 30.3 Å². The molecule has 0 spiro atoms. The summed E-state index contributed by atoms with van der Waals surface area (Å²) in [6, 6.07) is 9.49. The normalized spacial score (nSPS) is 19.3. The summed E-state index contributed by atoms with van der Waals surface area (Å²) in [4.78, 5) is 12.2. The Kier molecular flexibility index (Phi) is 5.15. The molecule has 0 saturated carbocycles. The molecular formula is C16H24N2O2. The van der Waals surface area contributed by atoms with Gasteiger partial charge in [-0.1, -0.05) is 30.3 Å². The van der Waals surface area contributed by atoms with Crippen molar-refractivity contribution in [1.82, 2.24) is 5.32 Å². The molecule has 20 heavy (non-hydrogen) atoms. The molecule has 3 N–H and O–H groups in total. The summed E-state index contributed by atoms with van der Waals surface area (Å²) in [6.45, 7) is 4.13. The Morgan fingerprint density at radius 3 is 2.65 bits per heavy atom. The highest BCUT2D eigenvalue weighted by Gasteiger charge is 2.30. The summed E-state index contributed by atoms with van der Waals surface area (Å²) in [5, 5.41) is 2.96. The van der Waals surface area contributed by atoms with Gasteiger partial charge in [0.05, 0.1) is 0 Å². The third kappa shape index (κ3) is 3.81. The van der Waals surface area contributed by atoms with Crippen LogP contribution >= 0.6 is 0 Å². The minimum absolute atomic E-state index is 0.115. The topological polar surface area (TPSA) is 64.4 Å². The van der Waals surface area contributed by atoms with Gasteiger partial charge in [0, 0.05) is 19.8 Å². The van der Waals surface area contributed by atoms with E-state index in [0.29, 0.717) is 12.5 Å². The monoisotopic (exact) mass is 276 g/mol. The van der Waals surface area contributed by atoms with Gasteiger partial charge >= 0.3 is 0 Å². The highest BCUT2D eigenvalue weighted by atomic mass is 16.5. The average molecular weight is 276 g/mol. The van der Waals surface area contributed by atoms with Crippen molar-refractivity contribution in [2.75, 3.05) is 19.8 Å². The number of ether oxygens (including phenoxy) is 1. The van der Waals surface area contributed by atoms with Gasteiger partial charge in [0.2, 0.25) is 5.91 Å². The molecular weight excluding hydrogens is 252 g/mol. The van der Waals surface area contributed by atoms with Gasteiger partial charge in [-0.2, -0.15) is 0 Å². The molecule has 0 aromatic heterocycles. The summed E-state index contributed by atoms with van der Waals surface area (Å²) >= 11 is 0. The van der Waals surface area contributed by atoms with Crippen molar-refractivity contribution < 1.29 is 9.53 Å². The van der Waals surface area contributed by atoms with Crippen LogP contribution in [0.2, 0.25) is 0 Å². The molecule has 0 aliphatic carbocycles. The van der Waals surface area contributed by atoms with Crippen LogP contribution < -0.4 is 11.1 Å². The van der Waals surface area contributed by atoms with Gasteiger partial charge in [0.1, 0.15) is 5.54 Å². The van der Waals surface area contributed by atoms with Gasteiger partial charge in [-0.05, 0) is 37.7 Å². The lowest BCUT2D eigenvalue weighted by Gasteiger charge is -2.26. The quantitative estimate of drug-likeness (QED) is 0.862. The third-order valence-electron chi connectivity index (χ3n) is 4.02. The fraction of sp³-hybridized carbons (Fsp3) is 0.562. The predicted molar refractivity (Wildman–Crippen MR) is 79.2 cm³/mol. The minimum atomic E-state index is -0.975. The zero-order valence-electron chi connectivity index (χ0n) is 12.1. The van der Waals surface area contributed by atoms with Crippen molar-refractivity contribution in [3.8, 4) is 0 Å². The number of nitrogens with two attached hydrogens (primary N) is 1. The Hall–Kier alpha value is -1.39. The van der Waals surface area contributed by atoms with Crippen LogP contribution in [0.15, 0.2) is 30.3 Å². The molecule has 1 amide bonds. The van der Waals surface area contributed by atoms with Crippen LogP contribution in [0.25, 0.3) is 0 Å². The Morgan fingerprint density at radius 2 is 2.00 bits per heavy atom. The predicted octanol–water partition coefficient (Wildman–Crippen LogP) is 1.79. The van der Waals surface area contributed by atoms with Crippen LogP contribution in [-0.2, 0) is 15.1 Å². The van der Waals surface area contributed by atoms with Crippen molar-refractivity contribution >= 4 is 5.91 Å². The van der Waals surface area contributed by atoms with Crippen molar-refractivity contribution in [2.45, 2.75) is 31.7 Å². The first-order valence-electron chi connectivity index (χ1n) is 7.31. The Balaban J connectivity index is 1.81. The van der Waals surface area contributed by atoms with E-state index in [2.05, 4.69) is 5.32 Å². The maximum atomic E-state index is 12.2. The van der Waals surface area contributed by atoms with Crippen LogP contribution in [0.5, 0.6) is 0 Å². The number of amides is 1. The number of rotatable bonds is 5. The molecule has 1 fully saturated rings. The van der Waals surface area contributed by atoms with Gasteiger partial charge in [-0.15, -0.1) is 0 Å². The first kappa shape index (κ1) is 15.0. The summed E-state index contributed by atoms with van der Waals surface area (Å²) in [7, 11) is 0. The number of nitrogens with one attached hydrogen (secondary N) is 1. The van der Waals surface area contributed by atoms with Gasteiger partial charge in [-0.3, -0.25) is 4.79 Å². The van der Waals surface area contributed by atoms with Crippen LogP contribution in [0.1, 0.15) is 31.7 Å². The van der Waals surface area contributed by atoms with E-state index in [1.54, 1.807) is 6.92 Å². The summed E-state index contributed by atoms with van der Waals surface area (Å²) in [6.07, 6.45) is 3.18. The Bertz CT molecular complexity index is 425. The molecule has 0 radical (unpaired) electrons. The van der Waals surface area contributed by atoms with Gasteiger partial charge in [0.25, 0.3) is 0 Å². The lowest BCUT2D eigenvalue weighted by atomic mass is 9.92. The van der Waals surface area contributed by atoms with Crippen molar-refractivity contribution in [3.63, 3.8) is 0 Å². The fourth-order valence-corrected chi connectivity index (χ4v) is 2.52. The van der Waals surface area contributed by atoms with Gasteiger partial charge < -0.3 is 15.8 Å².